The van der Waals surface area contributed by atoms with Crippen LogP contribution in [0.15, 0.2) is 10.2 Å². The summed E-state index contributed by atoms with van der Waals surface area (Å²) in [7, 11) is 1.70. The highest BCUT2D eigenvalue weighted by Gasteiger charge is 1.88. The molecule has 6 nitrogen and oxygen atoms in total. The molecule has 14 heavy (non-hydrogen) atoms. The Labute approximate surface area is 93.0 Å². The summed E-state index contributed by atoms with van der Waals surface area (Å²) in [6.45, 7) is 1.75. The standard InChI is InChI=1S/C6H12N6S2/c1-4(3-9-11-5(7)13)10-12-6(14)8-2/h3H,1-2H3,(H3,7,11,13)(H2,8,12,14)/b9-3-,10-4-. The highest BCUT2D eigenvalue weighted by Crippen LogP contribution is 1.71. The first-order valence-corrected chi connectivity index (χ1v) is 4.48. The Kier molecular flexibility index (Phi) is 6.50. The van der Waals surface area contributed by atoms with Crippen molar-refractivity contribution in [3.05, 3.63) is 0 Å². The van der Waals surface area contributed by atoms with Crippen LogP contribution in [-0.4, -0.2) is 29.2 Å². The molecule has 0 unspecified atom stereocenters. The van der Waals surface area contributed by atoms with E-state index in [-0.39, 0.29) is 5.11 Å². The van der Waals surface area contributed by atoms with Gasteiger partial charge in [0.2, 0.25) is 0 Å². The molecule has 0 atom stereocenters. The second-order valence-corrected chi connectivity index (χ2v) is 3.03. The van der Waals surface area contributed by atoms with E-state index in [0.29, 0.717) is 10.8 Å². The minimum Gasteiger partial charge on any atom is -0.375 e. The van der Waals surface area contributed by atoms with Gasteiger partial charge >= 0.3 is 0 Å². The third-order valence-electron chi connectivity index (χ3n) is 0.987. The largest absolute Gasteiger partial charge is 0.375 e. The summed E-state index contributed by atoms with van der Waals surface area (Å²) in [6, 6.07) is 0. The summed E-state index contributed by atoms with van der Waals surface area (Å²) >= 11 is 9.34. The molecule has 0 saturated heterocycles. The van der Waals surface area contributed by atoms with Gasteiger partial charge in [-0.1, -0.05) is 0 Å². The van der Waals surface area contributed by atoms with Crippen molar-refractivity contribution < 1.29 is 0 Å². The van der Waals surface area contributed by atoms with Crippen molar-refractivity contribution in [1.82, 2.24) is 16.2 Å². The Morgan fingerprint density at radius 2 is 2.00 bits per heavy atom. The Morgan fingerprint density at radius 1 is 1.36 bits per heavy atom. The fraction of sp³-hybridized carbons (Fsp3) is 0.333. The van der Waals surface area contributed by atoms with Crippen LogP contribution in [0.1, 0.15) is 6.92 Å². The molecule has 0 rings (SSSR count). The molecule has 0 aromatic heterocycles. The van der Waals surface area contributed by atoms with E-state index in [4.69, 9.17) is 18.0 Å². The highest BCUT2D eigenvalue weighted by atomic mass is 32.1. The lowest BCUT2D eigenvalue weighted by Crippen LogP contribution is -2.29. The van der Waals surface area contributed by atoms with E-state index in [0.717, 1.165) is 0 Å². The molecule has 78 valence electrons. The molecule has 0 saturated carbocycles. The fourth-order valence-corrected chi connectivity index (χ4v) is 0.511. The number of rotatable bonds is 3. The average molecular weight is 232 g/mol. The van der Waals surface area contributed by atoms with Crippen LogP contribution in [0, 0.1) is 0 Å². The minimum absolute atomic E-state index is 0.104. The number of nitrogens with one attached hydrogen (secondary N) is 3. The van der Waals surface area contributed by atoms with Crippen molar-refractivity contribution in [2.45, 2.75) is 6.92 Å². The van der Waals surface area contributed by atoms with E-state index in [1.165, 1.54) is 6.21 Å². The number of hydrogen-bond acceptors (Lipinski definition) is 4. The van der Waals surface area contributed by atoms with Crippen molar-refractivity contribution in [1.29, 1.82) is 0 Å². The molecule has 0 aliphatic carbocycles. The molecule has 0 amide bonds. The fourth-order valence-electron chi connectivity index (χ4n) is 0.413. The Hall–Kier alpha value is -1.28. The van der Waals surface area contributed by atoms with Crippen LogP contribution in [0.3, 0.4) is 0 Å². The first kappa shape index (κ1) is 12.7. The van der Waals surface area contributed by atoms with Crippen LogP contribution >= 0.6 is 24.4 Å². The molecule has 0 spiro atoms. The lowest BCUT2D eigenvalue weighted by molar-refractivity contribution is 0.976. The lowest BCUT2D eigenvalue weighted by atomic mass is 10.5. The molecule has 0 aliphatic heterocycles. The number of nitrogens with zero attached hydrogens (tertiary/aromatic N) is 2. The van der Waals surface area contributed by atoms with Crippen LogP contribution in [0.25, 0.3) is 0 Å². The molecule has 0 fully saturated rings. The molecule has 0 heterocycles. The summed E-state index contributed by atoms with van der Waals surface area (Å²) < 4.78 is 0. The van der Waals surface area contributed by atoms with Crippen molar-refractivity contribution in [3.63, 3.8) is 0 Å². The van der Waals surface area contributed by atoms with Gasteiger partial charge in [0, 0.05) is 7.05 Å². The SMILES string of the molecule is CNC(=S)N/N=C(C)\C=N/NC(N)=S. The van der Waals surface area contributed by atoms with Gasteiger partial charge in [0.1, 0.15) is 0 Å². The monoisotopic (exact) mass is 232 g/mol. The van der Waals surface area contributed by atoms with Crippen molar-refractivity contribution in [2.75, 3.05) is 7.05 Å². The molecule has 0 aromatic carbocycles. The number of hydrogen-bond donors (Lipinski definition) is 4. The van der Waals surface area contributed by atoms with Gasteiger partial charge in [0.25, 0.3) is 0 Å². The molecular formula is C6H12N6S2. The molecule has 0 aliphatic rings. The summed E-state index contributed by atoms with van der Waals surface area (Å²) in [5.41, 5.74) is 10.8. The first-order chi connectivity index (χ1) is 6.56. The lowest BCUT2D eigenvalue weighted by Gasteiger charge is -2.00. The Bertz CT molecular complexity index is 271. The van der Waals surface area contributed by atoms with Gasteiger partial charge in [0.15, 0.2) is 10.2 Å². The predicted octanol–water partition coefficient (Wildman–Crippen LogP) is -0.725. The molecule has 0 bridgehead atoms. The van der Waals surface area contributed by atoms with E-state index in [9.17, 15) is 0 Å². The summed E-state index contributed by atoms with van der Waals surface area (Å²) in [6.07, 6.45) is 1.46. The second kappa shape index (κ2) is 7.15. The van der Waals surface area contributed by atoms with Crippen molar-refractivity contribution in [3.8, 4) is 0 Å². The van der Waals surface area contributed by atoms with Crippen molar-refractivity contribution >= 4 is 46.6 Å². The second-order valence-electron chi connectivity index (χ2n) is 2.18. The molecule has 0 radical (unpaired) electrons. The third-order valence-corrected chi connectivity index (χ3v) is 1.37. The molecule has 8 heteroatoms. The zero-order valence-corrected chi connectivity index (χ0v) is 9.50. The number of thiocarbonyl (C=S) groups is 2. The van der Waals surface area contributed by atoms with Crippen LogP contribution in [0.5, 0.6) is 0 Å². The Morgan fingerprint density at radius 3 is 2.50 bits per heavy atom. The summed E-state index contributed by atoms with van der Waals surface area (Å²) in [5, 5.41) is 10.8. The van der Waals surface area contributed by atoms with Gasteiger partial charge in [-0.25, -0.2) is 0 Å². The first-order valence-electron chi connectivity index (χ1n) is 3.66. The average Bonchev–Trinajstić information content (AvgIpc) is 2.13. The summed E-state index contributed by atoms with van der Waals surface area (Å²) in [4.78, 5) is 0. The van der Waals surface area contributed by atoms with Crippen LogP contribution in [0.2, 0.25) is 0 Å². The quantitative estimate of drug-likeness (QED) is 0.292. The topological polar surface area (TPSA) is 86.8 Å². The maximum atomic E-state index is 5.14. The third kappa shape index (κ3) is 7.37. The van der Waals surface area contributed by atoms with Crippen molar-refractivity contribution in [2.24, 2.45) is 15.9 Å². The minimum atomic E-state index is 0.104. The van der Waals surface area contributed by atoms with Gasteiger partial charge in [-0.05, 0) is 31.4 Å². The Balaban J connectivity index is 3.94. The van der Waals surface area contributed by atoms with E-state index in [1.54, 1.807) is 14.0 Å². The zero-order chi connectivity index (χ0) is 11.0. The molecule has 5 N–H and O–H groups in total. The van der Waals surface area contributed by atoms with Gasteiger partial charge in [-0.3, -0.25) is 10.9 Å². The van der Waals surface area contributed by atoms with Crippen LogP contribution in [0.4, 0.5) is 0 Å². The summed E-state index contributed by atoms with van der Waals surface area (Å²) in [5.74, 6) is 0. The number of hydrazone groups is 2. The van der Waals surface area contributed by atoms with Gasteiger partial charge in [0.05, 0.1) is 11.9 Å². The molecule has 0 aromatic rings. The normalized spacial score (nSPS) is 11.1. The van der Waals surface area contributed by atoms with E-state index in [2.05, 4.69) is 38.6 Å². The van der Waals surface area contributed by atoms with Gasteiger partial charge in [-0.15, -0.1) is 0 Å². The van der Waals surface area contributed by atoms with Gasteiger partial charge < -0.3 is 11.1 Å². The van der Waals surface area contributed by atoms with Gasteiger partial charge in [-0.2, -0.15) is 10.2 Å². The molecular weight excluding hydrogens is 220 g/mol. The number of nitrogens with two attached hydrogens (primary N) is 1. The van der Waals surface area contributed by atoms with E-state index < -0.39 is 0 Å². The predicted molar refractivity (Wildman–Crippen MR) is 66.3 cm³/mol. The highest BCUT2D eigenvalue weighted by molar-refractivity contribution is 7.80. The smallest absolute Gasteiger partial charge is 0.186 e. The van der Waals surface area contributed by atoms with Crippen LogP contribution < -0.4 is 21.9 Å². The van der Waals surface area contributed by atoms with E-state index in [1.807, 2.05) is 0 Å². The maximum Gasteiger partial charge on any atom is 0.186 e. The maximum absolute atomic E-state index is 5.14. The van der Waals surface area contributed by atoms with Crippen LogP contribution in [-0.2, 0) is 0 Å². The zero-order valence-electron chi connectivity index (χ0n) is 7.87. The van der Waals surface area contributed by atoms with E-state index >= 15 is 0 Å².